The van der Waals surface area contributed by atoms with E-state index in [1.54, 1.807) is 0 Å². The zero-order chi connectivity index (χ0) is 11.5. The molecule has 1 fully saturated rings. The smallest absolute Gasteiger partial charge is 0.0788 e. The molecule has 2 N–H and O–H groups in total. The lowest BCUT2D eigenvalue weighted by Gasteiger charge is -2.41. The largest absolute Gasteiger partial charge is 0.393 e. The third-order valence-electron chi connectivity index (χ3n) is 3.96. The maximum absolute atomic E-state index is 5.80. The van der Waals surface area contributed by atoms with Crippen LogP contribution in [0.1, 0.15) is 46.5 Å². The van der Waals surface area contributed by atoms with Crippen molar-refractivity contribution in [1.29, 1.82) is 0 Å². The van der Waals surface area contributed by atoms with E-state index in [9.17, 15) is 0 Å². The summed E-state index contributed by atoms with van der Waals surface area (Å²) in [5.41, 5.74) is 5.91. The van der Waals surface area contributed by atoms with Crippen LogP contribution >= 0.6 is 12.2 Å². The van der Waals surface area contributed by atoms with Crippen molar-refractivity contribution >= 4 is 17.2 Å². The molecule has 0 aliphatic carbocycles. The van der Waals surface area contributed by atoms with Crippen LogP contribution in [0, 0.1) is 5.41 Å². The molecule has 0 spiro atoms. The molecule has 1 rings (SSSR count). The molecular formula is C12H24N2S. The molecule has 0 aromatic rings. The zero-order valence-electron chi connectivity index (χ0n) is 10.3. The third-order valence-corrected chi connectivity index (χ3v) is 4.45. The van der Waals surface area contributed by atoms with Crippen LogP contribution in [0.15, 0.2) is 0 Å². The molecule has 0 aromatic carbocycles. The van der Waals surface area contributed by atoms with Crippen molar-refractivity contribution in [2.24, 2.45) is 11.1 Å². The highest BCUT2D eigenvalue weighted by Gasteiger charge is 2.33. The Labute approximate surface area is 99.2 Å². The highest BCUT2D eigenvalue weighted by atomic mass is 32.1. The van der Waals surface area contributed by atoms with Crippen molar-refractivity contribution in [3.05, 3.63) is 0 Å². The number of rotatable bonds is 4. The lowest BCUT2D eigenvalue weighted by atomic mass is 9.80. The third kappa shape index (κ3) is 2.91. The lowest BCUT2D eigenvalue weighted by molar-refractivity contribution is 0.112. The van der Waals surface area contributed by atoms with Crippen LogP contribution < -0.4 is 5.73 Å². The van der Waals surface area contributed by atoms with Crippen molar-refractivity contribution in [3.8, 4) is 0 Å². The average Bonchev–Trinajstić information content (AvgIpc) is 2.22. The van der Waals surface area contributed by atoms with E-state index in [0.29, 0.717) is 4.99 Å². The summed E-state index contributed by atoms with van der Waals surface area (Å²) in [6.07, 6.45) is 4.75. The first-order valence-electron chi connectivity index (χ1n) is 6.07. The predicted octanol–water partition coefficient (Wildman–Crippen LogP) is 2.56. The quantitative estimate of drug-likeness (QED) is 0.750. The molecule has 0 radical (unpaired) electrons. The molecule has 1 aliphatic rings. The van der Waals surface area contributed by atoms with E-state index in [4.69, 9.17) is 18.0 Å². The fourth-order valence-electron chi connectivity index (χ4n) is 2.43. The topological polar surface area (TPSA) is 29.3 Å². The highest BCUT2D eigenvalue weighted by Crippen LogP contribution is 2.32. The van der Waals surface area contributed by atoms with Crippen LogP contribution in [0.2, 0.25) is 0 Å². The van der Waals surface area contributed by atoms with Crippen LogP contribution in [-0.2, 0) is 0 Å². The molecule has 15 heavy (non-hydrogen) atoms. The van der Waals surface area contributed by atoms with E-state index in [1.165, 1.54) is 12.8 Å². The van der Waals surface area contributed by atoms with E-state index in [-0.39, 0.29) is 5.41 Å². The fourth-order valence-corrected chi connectivity index (χ4v) is 2.64. The first-order valence-corrected chi connectivity index (χ1v) is 6.48. The molecule has 88 valence electrons. The number of likely N-dealkylation sites (tertiary alicyclic amines) is 1. The van der Waals surface area contributed by atoms with Gasteiger partial charge in [-0.3, -0.25) is 0 Å². The van der Waals surface area contributed by atoms with Gasteiger partial charge in [0.2, 0.25) is 0 Å². The van der Waals surface area contributed by atoms with Gasteiger partial charge in [0.1, 0.15) is 0 Å². The molecule has 0 unspecified atom stereocenters. The second-order valence-corrected chi connectivity index (χ2v) is 5.37. The molecule has 3 heteroatoms. The van der Waals surface area contributed by atoms with Gasteiger partial charge in [0, 0.05) is 11.5 Å². The number of hydrogen-bond acceptors (Lipinski definition) is 2. The normalized spacial score (nSPS) is 21.9. The SMILES string of the molecule is CCC(CC)N1CCC(C)(C(N)=S)CC1. The van der Waals surface area contributed by atoms with Gasteiger partial charge < -0.3 is 10.6 Å². The Morgan fingerprint density at radius 2 is 1.80 bits per heavy atom. The van der Waals surface area contributed by atoms with E-state index < -0.39 is 0 Å². The summed E-state index contributed by atoms with van der Waals surface area (Å²) < 4.78 is 0. The molecule has 0 saturated carbocycles. The van der Waals surface area contributed by atoms with Gasteiger partial charge in [0.15, 0.2) is 0 Å². The van der Waals surface area contributed by atoms with Crippen LogP contribution in [0.5, 0.6) is 0 Å². The summed E-state index contributed by atoms with van der Waals surface area (Å²) in [4.78, 5) is 3.30. The Kier molecular flexibility index (Phi) is 4.53. The van der Waals surface area contributed by atoms with E-state index in [1.807, 2.05) is 0 Å². The fraction of sp³-hybridized carbons (Fsp3) is 0.917. The standard InChI is InChI=1S/C12H24N2S/c1-4-10(5-2)14-8-6-12(3,7-9-14)11(13)15/h10H,4-9H2,1-3H3,(H2,13,15). The van der Waals surface area contributed by atoms with E-state index in [0.717, 1.165) is 32.0 Å². The second kappa shape index (κ2) is 5.26. The minimum atomic E-state index is 0.109. The summed E-state index contributed by atoms with van der Waals surface area (Å²) >= 11 is 5.15. The molecule has 0 aromatic heterocycles. The molecule has 0 atom stereocenters. The van der Waals surface area contributed by atoms with Crippen molar-refractivity contribution in [3.63, 3.8) is 0 Å². The summed E-state index contributed by atoms with van der Waals surface area (Å²) in [5, 5.41) is 0. The van der Waals surface area contributed by atoms with Gasteiger partial charge in [0.25, 0.3) is 0 Å². The van der Waals surface area contributed by atoms with Gasteiger partial charge in [-0.05, 0) is 38.8 Å². The van der Waals surface area contributed by atoms with Gasteiger partial charge in [-0.25, -0.2) is 0 Å². The van der Waals surface area contributed by atoms with E-state index in [2.05, 4.69) is 25.7 Å². The van der Waals surface area contributed by atoms with Gasteiger partial charge in [-0.1, -0.05) is 33.0 Å². The van der Waals surface area contributed by atoms with Crippen LogP contribution in [0.25, 0.3) is 0 Å². The molecule has 0 bridgehead atoms. The molecule has 1 aliphatic heterocycles. The second-order valence-electron chi connectivity index (χ2n) is 4.93. The van der Waals surface area contributed by atoms with Gasteiger partial charge in [0.05, 0.1) is 4.99 Å². The van der Waals surface area contributed by atoms with Crippen molar-refractivity contribution in [2.75, 3.05) is 13.1 Å². The minimum Gasteiger partial charge on any atom is -0.393 e. The Morgan fingerprint density at radius 1 is 1.33 bits per heavy atom. The molecule has 2 nitrogen and oxygen atoms in total. The first-order chi connectivity index (χ1) is 7.03. The van der Waals surface area contributed by atoms with Gasteiger partial charge >= 0.3 is 0 Å². The van der Waals surface area contributed by atoms with E-state index >= 15 is 0 Å². The monoisotopic (exact) mass is 228 g/mol. The Balaban J connectivity index is 2.51. The summed E-state index contributed by atoms with van der Waals surface area (Å²) in [5.74, 6) is 0. The Bertz CT molecular complexity index is 216. The zero-order valence-corrected chi connectivity index (χ0v) is 11.1. The van der Waals surface area contributed by atoms with Crippen LogP contribution in [0.4, 0.5) is 0 Å². The Morgan fingerprint density at radius 3 is 2.13 bits per heavy atom. The predicted molar refractivity (Wildman–Crippen MR) is 70.1 cm³/mol. The number of nitrogens with zero attached hydrogens (tertiary/aromatic N) is 1. The maximum atomic E-state index is 5.80. The van der Waals surface area contributed by atoms with Crippen molar-refractivity contribution in [2.45, 2.75) is 52.5 Å². The molecule has 1 heterocycles. The molecule has 1 saturated heterocycles. The van der Waals surface area contributed by atoms with Crippen LogP contribution in [-0.4, -0.2) is 29.0 Å². The van der Waals surface area contributed by atoms with Gasteiger partial charge in [-0.2, -0.15) is 0 Å². The summed E-state index contributed by atoms with van der Waals surface area (Å²) in [6.45, 7) is 9.06. The average molecular weight is 228 g/mol. The number of nitrogens with two attached hydrogens (primary N) is 1. The number of piperidine rings is 1. The maximum Gasteiger partial charge on any atom is 0.0788 e. The molecule has 0 amide bonds. The van der Waals surface area contributed by atoms with Gasteiger partial charge in [-0.15, -0.1) is 0 Å². The lowest BCUT2D eigenvalue weighted by Crippen LogP contribution is -2.47. The minimum absolute atomic E-state index is 0.109. The number of thiocarbonyl (C=S) groups is 1. The summed E-state index contributed by atoms with van der Waals surface area (Å²) in [7, 11) is 0. The number of hydrogen-bond donors (Lipinski definition) is 1. The van der Waals surface area contributed by atoms with Crippen molar-refractivity contribution < 1.29 is 0 Å². The summed E-state index contributed by atoms with van der Waals surface area (Å²) in [6, 6.07) is 0.751. The first kappa shape index (κ1) is 12.9. The molecular weight excluding hydrogens is 204 g/mol. The Hall–Kier alpha value is -0.150. The van der Waals surface area contributed by atoms with Crippen LogP contribution in [0.3, 0.4) is 0 Å². The van der Waals surface area contributed by atoms with Crippen molar-refractivity contribution in [1.82, 2.24) is 4.90 Å². The highest BCUT2D eigenvalue weighted by molar-refractivity contribution is 7.80.